The number of nitrogens with one attached hydrogen (secondary N) is 2. The summed E-state index contributed by atoms with van der Waals surface area (Å²) in [5.41, 5.74) is 3.95. The molecule has 198 valence electrons. The van der Waals surface area contributed by atoms with E-state index < -0.39 is 28.5 Å². The molecule has 0 unspecified atom stereocenters. The van der Waals surface area contributed by atoms with Crippen molar-refractivity contribution < 1.29 is 18.3 Å². The summed E-state index contributed by atoms with van der Waals surface area (Å²) in [5.74, 6) is -4.08. The Labute approximate surface area is 224 Å². The molecule has 2 bridgehead atoms. The van der Waals surface area contributed by atoms with Crippen molar-refractivity contribution in [3.63, 3.8) is 0 Å². The average molecular weight is 588 g/mol. The first-order valence-corrected chi connectivity index (χ1v) is 13.0. The number of nitrogens with zero attached hydrogens (tertiary/aromatic N) is 4. The number of imidazole rings is 1. The van der Waals surface area contributed by atoms with Crippen molar-refractivity contribution in [2.24, 2.45) is 11.1 Å². The second kappa shape index (κ2) is 8.90. The predicted octanol–water partition coefficient (Wildman–Crippen LogP) is 3.92. The number of nitrogens with two attached hydrogens (primary N) is 1. The molecule has 0 atom stereocenters. The highest BCUT2D eigenvalue weighted by molar-refractivity contribution is 9.09. The molecule has 3 aliphatic rings. The van der Waals surface area contributed by atoms with Crippen molar-refractivity contribution in [3.8, 4) is 17.7 Å². The number of aromatic amines is 1. The van der Waals surface area contributed by atoms with Crippen LogP contribution in [0.15, 0.2) is 23.0 Å². The van der Waals surface area contributed by atoms with Crippen LogP contribution in [0.4, 0.5) is 14.7 Å². The van der Waals surface area contributed by atoms with Crippen molar-refractivity contribution >= 4 is 45.0 Å². The van der Waals surface area contributed by atoms with Gasteiger partial charge in [-0.05, 0) is 68.0 Å². The summed E-state index contributed by atoms with van der Waals surface area (Å²) in [5, 5.41) is 12.2. The van der Waals surface area contributed by atoms with E-state index in [4.69, 9.17) is 15.7 Å². The summed E-state index contributed by atoms with van der Waals surface area (Å²) < 4.78 is 37.5. The van der Waals surface area contributed by atoms with Crippen LogP contribution in [-0.2, 0) is 11.3 Å². The molecule has 38 heavy (non-hydrogen) atoms. The second-order valence-corrected chi connectivity index (χ2v) is 10.6. The maximum absolute atomic E-state index is 14.9. The lowest BCUT2D eigenvalue weighted by Gasteiger charge is -2.73. The number of carbonyl (C=O) groups is 1. The average Bonchev–Trinajstić information content (AvgIpc) is 3.15. The number of rotatable bonds is 9. The molecule has 0 saturated heterocycles. The van der Waals surface area contributed by atoms with Crippen molar-refractivity contribution in [1.82, 2.24) is 19.5 Å². The minimum atomic E-state index is -3.36. The molecule has 4 N–H and O–H groups in total. The standard InChI is InChI=1S/C25H24BrF2N7O3/c1-13-9-15(5-3-7-29)10-14(2)17(13)38-19-16-18(32-22(37)35(16)8-4-6-26)31-21(33-19)34-24-11-23(12-24,20(30)36)25(24,27)28/h3,5,9-10H,4,6,8,11-12H2,1-2H3,(H2,30,36)(H2,31,32,33,34,37)/b5-3+. The maximum Gasteiger partial charge on any atom is 0.327 e. The zero-order chi connectivity index (χ0) is 27.5. The highest BCUT2D eigenvalue weighted by Gasteiger charge is 2.91. The molecule has 2 heterocycles. The zero-order valence-electron chi connectivity index (χ0n) is 20.6. The van der Waals surface area contributed by atoms with Crippen LogP contribution >= 0.6 is 15.9 Å². The Kier molecular flexibility index (Phi) is 6.05. The fraction of sp³-hybridized carbons (Fsp3) is 0.400. The number of benzene rings is 1. The first kappa shape index (κ1) is 25.8. The highest BCUT2D eigenvalue weighted by atomic mass is 79.9. The Morgan fingerprint density at radius 1 is 1.34 bits per heavy atom. The summed E-state index contributed by atoms with van der Waals surface area (Å²) in [4.78, 5) is 35.8. The van der Waals surface area contributed by atoms with Gasteiger partial charge in [-0.1, -0.05) is 15.9 Å². The third-order valence-electron chi connectivity index (χ3n) is 7.37. The minimum absolute atomic E-state index is 0.0106. The number of fused-ring (bicyclic) bond motifs is 1. The maximum atomic E-state index is 14.9. The number of amides is 1. The number of allylic oxidation sites excluding steroid dienone is 1. The molecule has 0 spiro atoms. The van der Waals surface area contributed by atoms with Crippen LogP contribution in [0, 0.1) is 30.6 Å². The largest absolute Gasteiger partial charge is 0.436 e. The van der Waals surface area contributed by atoms with E-state index in [0.29, 0.717) is 29.6 Å². The van der Waals surface area contributed by atoms with E-state index in [2.05, 4.69) is 36.2 Å². The van der Waals surface area contributed by atoms with Crippen LogP contribution in [0.2, 0.25) is 0 Å². The van der Waals surface area contributed by atoms with Crippen LogP contribution in [0.5, 0.6) is 11.6 Å². The van der Waals surface area contributed by atoms with Crippen LogP contribution in [0.25, 0.3) is 17.2 Å². The van der Waals surface area contributed by atoms with Gasteiger partial charge in [-0.15, -0.1) is 0 Å². The summed E-state index contributed by atoms with van der Waals surface area (Å²) in [6, 6.07) is 5.61. The molecular formula is C25H24BrF2N7O3. The fourth-order valence-electron chi connectivity index (χ4n) is 5.44. The van der Waals surface area contributed by atoms with Gasteiger partial charge in [0, 0.05) is 18.0 Å². The minimum Gasteiger partial charge on any atom is -0.436 e. The number of nitriles is 1. The number of aryl methyl sites for hydroxylation is 3. The van der Waals surface area contributed by atoms with E-state index in [1.807, 2.05) is 32.0 Å². The predicted molar refractivity (Wildman–Crippen MR) is 139 cm³/mol. The van der Waals surface area contributed by atoms with Gasteiger partial charge in [0.2, 0.25) is 11.9 Å². The van der Waals surface area contributed by atoms with E-state index in [-0.39, 0.29) is 30.3 Å². The Balaban J connectivity index is 1.58. The molecule has 6 rings (SSSR count). The van der Waals surface area contributed by atoms with Gasteiger partial charge in [-0.3, -0.25) is 14.3 Å². The van der Waals surface area contributed by atoms with E-state index >= 15 is 0 Å². The van der Waals surface area contributed by atoms with Gasteiger partial charge in [0.1, 0.15) is 16.7 Å². The molecular weight excluding hydrogens is 564 g/mol. The number of hydrogen-bond acceptors (Lipinski definition) is 7. The summed E-state index contributed by atoms with van der Waals surface area (Å²) in [6.45, 7) is 3.99. The van der Waals surface area contributed by atoms with Crippen LogP contribution in [0.3, 0.4) is 0 Å². The van der Waals surface area contributed by atoms with Gasteiger partial charge in [0.15, 0.2) is 11.2 Å². The van der Waals surface area contributed by atoms with Gasteiger partial charge in [-0.25, -0.2) is 13.6 Å². The third-order valence-corrected chi connectivity index (χ3v) is 7.93. The van der Waals surface area contributed by atoms with E-state index in [9.17, 15) is 18.4 Å². The van der Waals surface area contributed by atoms with Crippen molar-refractivity contribution in [3.05, 3.63) is 45.4 Å². The normalized spacial score (nSPS) is 23.1. The first-order valence-electron chi connectivity index (χ1n) is 11.9. The van der Waals surface area contributed by atoms with Gasteiger partial charge in [0.05, 0.1) is 6.07 Å². The molecule has 1 aromatic carbocycles. The Morgan fingerprint density at radius 2 is 2.03 bits per heavy atom. The third kappa shape index (κ3) is 3.61. The van der Waals surface area contributed by atoms with Crippen LogP contribution in [0.1, 0.15) is 36.0 Å². The van der Waals surface area contributed by atoms with Gasteiger partial charge >= 0.3 is 5.69 Å². The number of H-pyrrole nitrogens is 1. The molecule has 2 aromatic heterocycles. The fourth-order valence-corrected chi connectivity index (χ4v) is 5.69. The number of carbonyl (C=O) groups excluding carboxylic acids is 1. The van der Waals surface area contributed by atoms with Gasteiger partial charge in [0.25, 0.3) is 11.8 Å². The number of anilines is 1. The molecule has 0 aliphatic heterocycles. The Morgan fingerprint density at radius 3 is 2.61 bits per heavy atom. The Hall–Kier alpha value is -3.79. The van der Waals surface area contributed by atoms with Crippen molar-refractivity contribution in [2.75, 3.05) is 10.6 Å². The number of alkyl halides is 3. The van der Waals surface area contributed by atoms with Gasteiger partial charge < -0.3 is 15.8 Å². The lowest BCUT2D eigenvalue weighted by Crippen LogP contribution is -2.89. The summed E-state index contributed by atoms with van der Waals surface area (Å²) in [6.07, 6.45) is 3.39. The lowest BCUT2D eigenvalue weighted by molar-refractivity contribution is -0.332. The summed E-state index contributed by atoms with van der Waals surface area (Å²) in [7, 11) is 0. The Bertz CT molecular complexity index is 1580. The number of halogens is 3. The SMILES string of the molecule is Cc1cc(/C=C/C#N)cc(C)c1Oc1nc(NC23CC(C(N)=O)(C2)C3(F)F)nc2[nH]c(=O)n(CCCBr)c12. The van der Waals surface area contributed by atoms with Crippen LogP contribution < -0.4 is 21.5 Å². The molecule has 0 radical (unpaired) electrons. The smallest absolute Gasteiger partial charge is 0.327 e. The van der Waals surface area contributed by atoms with E-state index in [0.717, 1.165) is 16.7 Å². The van der Waals surface area contributed by atoms with Crippen molar-refractivity contribution in [1.29, 1.82) is 5.26 Å². The second-order valence-electron chi connectivity index (χ2n) is 9.80. The molecule has 3 aliphatic carbocycles. The van der Waals surface area contributed by atoms with Gasteiger partial charge in [-0.2, -0.15) is 15.2 Å². The molecule has 3 fully saturated rings. The molecule has 13 heteroatoms. The number of aromatic nitrogens is 4. The topological polar surface area (TPSA) is 152 Å². The monoisotopic (exact) mass is 587 g/mol. The highest BCUT2D eigenvalue weighted by Crippen LogP contribution is 2.76. The van der Waals surface area contributed by atoms with Crippen LogP contribution in [-0.4, -0.2) is 42.2 Å². The quantitative estimate of drug-likeness (QED) is 0.253. The number of ether oxygens (including phenoxy) is 1. The number of primary amides is 1. The molecule has 1 amide bonds. The number of hydrogen-bond donors (Lipinski definition) is 3. The molecule has 3 aromatic rings. The molecule has 10 nitrogen and oxygen atoms in total. The lowest BCUT2D eigenvalue weighted by atomic mass is 9.36. The zero-order valence-corrected chi connectivity index (χ0v) is 22.2. The van der Waals surface area contributed by atoms with Crippen molar-refractivity contribution in [2.45, 2.75) is 51.1 Å². The first-order chi connectivity index (χ1) is 18.0. The summed E-state index contributed by atoms with van der Waals surface area (Å²) >= 11 is 3.36. The van der Waals surface area contributed by atoms with E-state index in [1.165, 1.54) is 10.6 Å². The van der Waals surface area contributed by atoms with E-state index in [1.54, 1.807) is 6.08 Å². The molecule has 3 saturated carbocycles.